The fourth-order valence-corrected chi connectivity index (χ4v) is 3.17. The second-order valence-corrected chi connectivity index (χ2v) is 6.02. The molecule has 5 nitrogen and oxygen atoms in total. The quantitative estimate of drug-likeness (QED) is 0.814. The van der Waals surface area contributed by atoms with Crippen molar-refractivity contribution in [1.82, 2.24) is 9.71 Å². The number of thioether (sulfide) groups is 1. The molecule has 1 unspecified atom stereocenters. The number of sulfonamides is 1. The van der Waals surface area contributed by atoms with Crippen molar-refractivity contribution in [2.45, 2.75) is 17.9 Å². The number of pyridine rings is 1. The van der Waals surface area contributed by atoms with E-state index in [9.17, 15) is 8.42 Å². The zero-order valence-electron chi connectivity index (χ0n) is 9.17. The Morgan fingerprint density at radius 2 is 2.31 bits per heavy atom. The maximum atomic E-state index is 11.9. The van der Waals surface area contributed by atoms with Gasteiger partial charge in [0.05, 0.1) is 4.90 Å². The van der Waals surface area contributed by atoms with Crippen LogP contribution in [0.4, 0.5) is 5.82 Å². The number of nitrogens with one attached hydrogen (secondary N) is 1. The summed E-state index contributed by atoms with van der Waals surface area (Å²) in [4.78, 5) is 3.90. The predicted molar refractivity (Wildman–Crippen MR) is 66.8 cm³/mol. The second kappa shape index (κ2) is 5.51. The molecule has 90 valence electrons. The lowest BCUT2D eigenvalue weighted by atomic mass is 10.4. The van der Waals surface area contributed by atoms with E-state index in [4.69, 9.17) is 5.73 Å². The SMILES string of the molecule is CSCC(C)NS(=O)(=O)c1ccnc(N)c1. The minimum absolute atomic E-state index is 0.116. The molecule has 0 amide bonds. The number of anilines is 1. The smallest absolute Gasteiger partial charge is 0.241 e. The van der Waals surface area contributed by atoms with Crippen LogP contribution < -0.4 is 10.5 Å². The van der Waals surface area contributed by atoms with Gasteiger partial charge in [0.25, 0.3) is 0 Å². The van der Waals surface area contributed by atoms with Crippen LogP contribution >= 0.6 is 11.8 Å². The molecule has 0 saturated heterocycles. The number of aromatic nitrogens is 1. The molecule has 0 aliphatic rings. The fourth-order valence-electron chi connectivity index (χ4n) is 1.21. The van der Waals surface area contributed by atoms with E-state index in [0.717, 1.165) is 5.75 Å². The highest BCUT2D eigenvalue weighted by Gasteiger charge is 2.17. The summed E-state index contributed by atoms with van der Waals surface area (Å²) in [6.45, 7) is 1.82. The molecule has 16 heavy (non-hydrogen) atoms. The summed E-state index contributed by atoms with van der Waals surface area (Å²) < 4.78 is 26.3. The zero-order valence-corrected chi connectivity index (χ0v) is 10.8. The van der Waals surface area contributed by atoms with Gasteiger partial charge in [-0.1, -0.05) is 0 Å². The highest BCUT2D eigenvalue weighted by molar-refractivity contribution is 7.98. The molecular weight excluding hydrogens is 246 g/mol. The van der Waals surface area contributed by atoms with Crippen molar-refractivity contribution in [3.8, 4) is 0 Å². The largest absolute Gasteiger partial charge is 0.384 e. The highest BCUT2D eigenvalue weighted by atomic mass is 32.2. The second-order valence-electron chi connectivity index (χ2n) is 3.39. The Labute approximate surface area is 99.9 Å². The Morgan fingerprint density at radius 1 is 1.62 bits per heavy atom. The van der Waals surface area contributed by atoms with E-state index in [1.54, 1.807) is 11.8 Å². The van der Waals surface area contributed by atoms with E-state index in [1.165, 1.54) is 18.3 Å². The Hall–Kier alpha value is -0.790. The lowest BCUT2D eigenvalue weighted by Gasteiger charge is -2.12. The van der Waals surface area contributed by atoms with E-state index in [1.807, 2.05) is 13.2 Å². The molecule has 0 aliphatic heterocycles. The summed E-state index contributed by atoms with van der Waals surface area (Å²) in [7, 11) is -3.49. The molecule has 0 radical (unpaired) electrons. The monoisotopic (exact) mass is 261 g/mol. The maximum Gasteiger partial charge on any atom is 0.241 e. The van der Waals surface area contributed by atoms with Crippen LogP contribution in [0.2, 0.25) is 0 Å². The van der Waals surface area contributed by atoms with Crippen LogP contribution in [0.3, 0.4) is 0 Å². The number of rotatable bonds is 5. The summed E-state index contributed by atoms with van der Waals surface area (Å²) in [5, 5.41) is 0. The van der Waals surface area contributed by atoms with Gasteiger partial charge < -0.3 is 5.73 Å². The molecule has 0 spiro atoms. The van der Waals surface area contributed by atoms with Gasteiger partial charge in [-0.2, -0.15) is 11.8 Å². The standard InChI is InChI=1S/C9H15N3O2S2/c1-7(6-15-2)12-16(13,14)8-3-4-11-9(10)5-8/h3-5,7,12H,6H2,1-2H3,(H2,10,11). The van der Waals surface area contributed by atoms with Gasteiger partial charge >= 0.3 is 0 Å². The molecule has 1 aromatic heterocycles. The highest BCUT2D eigenvalue weighted by Crippen LogP contribution is 2.11. The van der Waals surface area contributed by atoms with Crippen LogP contribution in [-0.2, 0) is 10.0 Å². The first-order valence-corrected chi connectivity index (χ1v) is 7.56. The Morgan fingerprint density at radius 3 is 2.88 bits per heavy atom. The Balaban J connectivity index is 2.86. The molecule has 1 atom stereocenters. The fraction of sp³-hybridized carbons (Fsp3) is 0.444. The van der Waals surface area contributed by atoms with Crippen LogP contribution in [0.5, 0.6) is 0 Å². The predicted octanol–water partition coefficient (Wildman–Crippen LogP) is 0.694. The van der Waals surface area contributed by atoms with Gasteiger partial charge in [0.1, 0.15) is 5.82 Å². The van der Waals surface area contributed by atoms with Gasteiger partial charge in [-0.3, -0.25) is 0 Å². The van der Waals surface area contributed by atoms with Crippen molar-refractivity contribution in [1.29, 1.82) is 0 Å². The lowest BCUT2D eigenvalue weighted by Crippen LogP contribution is -2.34. The van der Waals surface area contributed by atoms with E-state index >= 15 is 0 Å². The number of hydrogen-bond acceptors (Lipinski definition) is 5. The van der Waals surface area contributed by atoms with E-state index in [0.29, 0.717) is 0 Å². The first-order valence-electron chi connectivity index (χ1n) is 4.68. The normalized spacial score (nSPS) is 13.6. The minimum atomic E-state index is -3.49. The van der Waals surface area contributed by atoms with Crippen LogP contribution in [0.25, 0.3) is 0 Å². The third-order valence-corrected chi connectivity index (χ3v) is 4.26. The van der Waals surface area contributed by atoms with Crippen molar-refractivity contribution in [2.75, 3.05) is 17.7 Å². The van der Waals surface area contributed by atoms with Crippen LogP contribution in [-0.4, -0.2) is 31.5 Å². The molecule has 0 bridgehead atoms. The molecule has 0 fully saturated rings. The zero-order chi connectivity index (χ0) is 12.2. The molecule has 1 aromatic rings. The van der Waals surface area contributed by atoms with Crippen molar-refractivity contribution < 1.29 is 8.42 Å². The van der Waals surface area contributed by atoms with Crippen LogP contribution in [0, 0.1) is 0 Å². The molecule has 7 heteroatoms. The maximum absolute atomic E-state index is 11.9. The van der Waals surface area contributed by atoms with Crippen LogP contribution in [0.15, 0.2) is 23.2 Å². The Kier molecular flexibility index (Phi) is 4.57. The van der Waals surface area contributed by atoms with Crippen LogP contribution in [0.1, 0.15) is 6.92 Å². The summed E-state index contributed by atoms with van der Waals surface area (Å²) in [5.41, 5.74) is 5.44. The van der Waals surface area contributed by atoms with E-state index < -0.39 is 10.0 Å². The van der Waals surface area contributed by atoms with Gasteiger partial charge in [-0.25, -0.2) is 18.1 Å². The summed E-state index contributed by atoms with van der Waals surface area (Å²) >= 11 is 1.58. The van der Waals surface area contributed by atoms with Gasteiger partial charge in [-0.05, 0) is 19.2 Å². The first-order chi connectivity index (χ1) is 7.45. The summed E-state index contributed by atoms with van der Waals surface area (Å²) in [6.07, 6.45) is 3.30. The average Bonchev–Trinajstić information content (AvgIpc) is 2.17. The topological polar surface area (TPSA) is 85.1 Å². The number of nitrogens with two attached hydrogens (primary N) is 1. The van der Waals surface area contributed by atoms with Crippen molar-refractivity contribution >= 4 is 27.6 Å². The van der Waals surface area contributed by atoms with Crippen molar-refractivity contribution in [3.05, 3.63) is 18.3 Å². The number of nitrogen functional groups attached to an aromatic ring is 1. The third-order valence-electron chi connectivity index (χ3n) is 1.84. The molecule has 1 rings (SSSR count). The third kappa shape index (κ3) is 3.66. The number of hydrogen-bond donors (Lipinski definition) is 2. The molecule has 1 heterocycles. The van der Waals surface area contributed by atoms with Crippen molar-refractivity contribution in [2.24, 2.45) is 0 Å². The first kappa shape index (κ1) is 13.3. The van der Waals surface area contributed by atoms with Gasteiger partial charge in [0, 0.05) is 24.1 Å². The minimum Gasteiger partial charge on any atom is -0.384 e. The molecule has 3 N–H and O–H groups in total. The molecule has 0 aliphatic carbocycles. The summed E-state index contributed by atoms with van der Waals surface area (Å²) in [6, 6.07) is 2.65. The van der Waals surface area contributed by atoms with E-state index in [-0.39, 0.29) is 16.8 Å². The van der Waals surface area contributed by atoms with Crippen molar-refractivity contribution in [3.63, 3.8) is 0 Å². The van der Waals surface area contributed by atoms with Gasteiger partial charge in [0.2, 0.25) is 10.0 Å². The number of nitrogens with zero attached hydrogens (tertiary/aromatic N) is 1. The van der Waals surface area contributed by atoms with E-state index in [2.05, 4.69) is 9.71 Å². The average molecular weight is 261 g/mol. The molecular formula is C9H15N3O2S2. The lowest BCUT2D eigenvalue weighted by molar-refractivity contribution is 0.571. The molecule has 0 saturated carbocycles. The molecule has 0 aromatic carbocycles. The Bertz CT molecular complexity index is 448. The summed E-state index contributed by atoms with van der Waals surface area (Å²) in [5.74, 6) is 0.917. The van der Waals surface area contributed by atoms with Gasteiger partial charge in [0.15, 0.2) is 0 Å². The van der Waals surface area contributed by atoms with Gasteiger partial charge in [-0.15, -0.1) is 0 Å².